The number of hydrogen-bond acceptors (Lipinski definition) is 2. The molecule has 0 saturated heterocycles. The van der Waals surface area contributed by atoms with E-state index >= 15 is 0 Å². The molecule has 0 radical (unpaired) electrons. The zero-order valence-electron chi connectivity index (χ0n) is 9.40. The molecule has 2 aliphatic carbocycles. The Labute approximate surface area is 105 Å². The van der Waals surface area contributed by atoms with E-state index in [4.69, 9.17) is 0 Å². The number of aromatic nitrogens is 1. The molecule has 0 atom stereocenters. The predicted octanol–water partition coefficient (Wildman–Crippen LogP) is 3.47. The first-order valence-electron chi connectivity index (χ1n) is 6.18. The Hall–Kier alpha value is -0.570. The molecule has 0 bridgehead atoms. The minimum absolute atomic E-state index is 0.934. The zero-order valence-corrected chi connectivity index (χ0v) is 11.0. The summed E-state index contributed by atoms with van der Waals surface area (Å²) >= 11 is 3.44. The smallest absolute Gasteiger partial charge is 0.128 e. The molecule has 0 N–H and O–H groups in total. The number of pyridine rings is 1. The van der Waals surface area contributed by atoms with Gasteiger partial charge in [0.25, 0.3) is 0 Å². The number of rotatable bonds is 5. The van der Waals surface area contributed by atoms with Crippen LogP contribution < -0.4 is 4.90 Å². The Morgan fingerprint density at radius 1 is 1.12 bits per heavy atom. The summed E-state index contributed by atoms with van der Waals surface area (Å²) < 4.78 is 1.06. The maximum absolute atomic E-state index is 4.52. The van der Waals surface area contributed by atoms with Crippen molar-refractivity contribution < 1.29 is 0 Å². The molecule has 0 aromatic carbocycles. The average molecular weight is 281 g/mol. The molecule has 86 valence electrons. The molecule has 2 aliphatic rings. The Bertz CT molecular complexity index is 341. The second kappa shape index (κ2) is 4.36. The second-order valence-electron chi connectivity index (χ2n) is 5.13. The van der Waals surface area contributed by atoms with Crippen LogP contribution in [0.15, 0.2) is 22.8 Å². The van der Waals surface area contributed by atoms with Gasteiger partial charge >= 0.3 is 0 Å². The monoisotopic (exact) mass is 280 g/mol. The van der Waals surface area contributed by atoms with Crippen molar-refractivity contribution in [3.63, 3.8) is 0 Å². The molecule has 0 unspecified atom stereocenters. The van der Waals surface area contributed by atoms with Gasteiger partial charge < -0.3 is 4.90 Å². The topological polar surface area (TPSA) is 16.1 Å². The van der Waals surface area contributed by atoms with Gasteiger partial charge in [0, 0.05) is 23.8 Å². The van der Waals surface area contributed by atoms with Crippen LogP contribution in [0.1, 0.15) is 25.7 Å². The Kier molecular flexibility index (Phi) is 2.88. The molecular formula is C13H17BrN2. The molecule has 2 fully saturated rings. The first kappa shape index (κ1) is 10.6. The third-order valence-electron chi connectivity index (χ3n) is 3.39. The SMILES string of the molecule is Brc1ccc(N(CC2CC2)CC2CC2)nc1. The van der Waals surface area contributed by atoms with E-state index in [0.717, 1.165) is 22.1 Å². The lowest BCUT2D eigenvalue weighted by Crippen LogP contribution is -2.28. The van der Waals surface area contributed by atoms with Gasteiger partial charge in [0.2, 0.25) is 0 Å². The van der Waals surface area contributed by atoms with E-state index in [-0.39, 0.29) is 0 Å². The fraction of sp³-hybridized carbons (Fsp3) is 0.615. The van der Waals surface area contributed by atoms with Crippen LogP contribution in [0, 0.1) is 11.8 Å². The van der Waals surface area contributed by atoms with Gasteiger partial charge in [-0.25, -0.2) is 4.98 Å². The largest absolute Gasteiger partial charge is 0.356 e. The second-order valence-corrected chi connectivity index (χ2v) is 6.04. The van der Waals surface area contributed by atoms with Crippen molar-refractivity contribution in [2.75, 3.05) is 18.0 Å². The fourth-order valence-electron chi connectivity index (χ4n) is 2.04. The number of hydrogen-bond donors (Lipinski definition) is 0. The summed E-state index contributed by atoms with van der Waals surface area (Å²) in [6.45, 7) is 2.43. The van der Waals surface area contributed by atoms with Gasteiger partial charge in [-0.1, -0.05) is 0 Å². The lowest BCUT2D eigenvalue weighted by atomic mass is 10.3. The number of halogens is 1. The van der Waals surface area contributed by atoms with Crippen molar-refractivity contribution >= 4 is 21.7 Å². The molecule has 2 saturated carbocycles. The van der Waals surface area contributed by atoms with Crippen LogP contribution in [0.25, 0.3) is 0 Å². The van der Waals surface area contributed by atoms with Crippen LogP contribution in [-0.4, -0.2) is 18.1 Å². The molecule has 2 nitrogen and oxygen atoms in total. The van der Waals surface area contributed by atoms with Crippen LogP contribution in [-0.2, 0) is 0 Å². The van der Waals surface area contributed by atoms with Crippen molar-refractivity contribution in [2.24, 2.45) is 11.8 Å². The molecule has 16 heavy (non-hydrogen) atoms. The molecule has 0 spiro atoms. The molecule has 1 aromatic heterocycles. The van der Waals surface area contributed by atoms with Gasteiger partial charge in [0.05, 0.1) is 0 Å². The van der Waals surface area contributed by atoms with Gasteiger partial charge in [-0.3, -0.25) is 0 Å². The van der Waals surface area contributed by atoms with Crippen molar-refractivity contribution in [2.45, 2.75) is 25.7 Å². The van der Waals surface area contributed by atoms with E-state index in [0.29, 0.717) is 0 Å². The van der Waals surface area contributed by atoms with E-state index in [1.165, 1.54) is 38.8 Å². The van der Waals surface area contributed by atoms with E-state index in [9.17, 15) is 0 Å². The number of anilines is 1. The maximum atomic E-state index is 4.52. The van der Waals surface area contributed by atoms with Crippen LogP contribution in [0.3, 0.4) is 0 Å². The summed E-state index contributed by atoms with van der Waals surface area (Å²) in [5.41, 5.74) is 0. The Morgan fingerprint density at radius 2 is 1.75 bits per heavy atom. The molecule has 1 heterocycles. The minimum Gasteiger partial charge on any atom is -0.356 e. The van der Waals surface area contributed by atoms with Crippen LogP contribution in [0.2, 0.25) is 0 Å². The molecule has 0 aliphatic heterocycles. The first-order chi connectivity index (χ1) is 7.81. The summed E-state index contributed by atoms with van der Waals surface area (Å²) in [6, 6.07) is 4.23. The van der Waals surface area contributed by atoms with E-state index in [2.05, 4.69) is 37.9 Å². The van der Waals surface area contributed by atoms with Crippen molar-refractivity contribution in [3.05, 3.63) is 22.8 Å². The first-order valence-corrected chi connectivity index (χ1v) is 6.97. The lowest BCUT2D eigenvalue weighted by Gasteiger charge is -2.23. The quantitative estimate of drug-likeness (QED) is 0.821. The highest BCUT2D eigenvalue weighted by atomic mass is 79.9. The summed E-state index contributed by atoms with van der Waals surface area (Å²) in [6.07, 6.45) is 7.56. The molecule has 3 heteroatoms. The van der Waals surface area contributed by atoms with E-state index in [1.807, 2.05) is 6.20 Å². The summed E-state index contributed by atoms with van der Waals surface area (Å²) in [7, 11) is 0. The molecule has 0 amide bonds. The van der Waals surface area contributed by atoms with Crippen molar-refractivity contribution in [1.29, 1.82) is 0 Å². The van der Waals surface area contributed by atoms with Gasteiger partial charge in [-0.15, -0.1) is 0 Å². The van der Waals surface area contributed by atoms with Crippen molar-refractivity contribution in [3.8, 4) is 0 Å². The molecule has 3 rings (SSSR count). The maximum Gasteiger partial charge on any atom is 0.128 e. The van der Waals surface area contributed by atoms with Crippen LogP contribution >= 0.6 is 15.9 Å². The summed E-state index contributed by atoms with van der Waals surface area (Å²) in [4.78, 5) is 7.01. The molecular weight excluding hydrogens is 264 g/mol. The average Bonchev–Trinajstić information content (AvgIpc) is 3.12. The van der Waals surface area contributed by atoms with E-state index in [1.54, 1.807) is 0 Å². The highest BCUT2D eigenvalue weighted by molar-refractivity contribution is 9.10. The highest BCUT2D eigenvalue weighted by Crippen LogP contribution is 2.35. The third kappa shape index (κ3) is 2.76. The van der Waals surface area contributed by atoms with Crippen LogP contribution in [0.5, 0.6) is 0 Å². The van der Waals surface area contributed by atoms with Gasteiger partial charge in [0.1, 0.15) is 5.82 Å². The lowest BCUT2D eigenvalue weighted by molar-refractivity contribution is 0.671. The van der Waals surface area contributed by atoms with Gasteiger partial charge in [-0.05, 0) is 65.6 Å². The normalized spacial score (nSPS) is 19.8. The predicted molar refractivity (Wildman–Crippen MR) is 69.6 cm³/mol. The van der Waals surface area contributed by atoms with Gasteiger partial charge in [0.15, 0.2) is 0 Å². The number of nitrogens with zero attached hydrogens (tertiary/aromatic N) is 2. The Morgan fingerprint density at radius 3 is 2.19 bits per heavy atom. The standard InChI is InChI=1S/C13H17BrN2/c14-12-5-6-13(15-7-12)16(8-10-1-2-10)9-11-3-4-11/h5-7,10-11H,1-4,8-9H2. The highest BCUT2D eigenvalue weighted by Gasteiger charge is 2.29. The summed E-state index contributed by atoms with van der Waals surface area (Å²) in [5, 5.41) is 0. The van der Waals surface area contributed by atoms with E-state index < -0.39 is 0 Å². The molecule has 1 aromatic rings. The van der Waals surface area contributed by atoms with Crippen molar-refractivity contribution in [1.82, 2.24) is 4.98 Å². The fourth-order valence-corrected chi connectivity index (χ4v) is 2.28. The zero-order chi connectivity index (χ0) is 11.0. The Balaban J connectivity index is 1.71. The summed E-state index contributed by atoms with van der Waals surface area (Å²) in [5.74, 6) is 3.02. The van der Waals surface area contributed by atoms with Gasteiger partial charge in [-0.2, -0.15) is 0 Å². The minimum atomic E-state index is 0.934. The van der Waals surface area contributed by atoms with Crippen LogP contribution in [0.4, 0.5) is 5.82 Å². The third-order valence-corrected chi connectivity index (χ3v) is 3.86.